The normalized spacial score (nSPS) is 11.6. The van der Waals surface area contributed by atoms with Crippen molar-refractivity contribution in [2.24, 2.45) is 0 Å². The second-order valence-corrected chi connectivity index (χ2v) is 10.3. The van der Waals surface area contributed by atoms with Crippen LogP contribution in [0.15, 0.2) is 78.1 Å². The van der Waals surface area contributed by atoms with Crippen LogP contribution in [-0.4, -0.2) is 32.1 Å². The summed E-state index contributed by atoms with van der Waals surface area (Å²) >= 11 is 3.14. The highest BCUT2D eigenvalue weighted by atomic mass is 32.2. The number of aromatic nitrogens is 2. The standard InChI is InChI=1S/C25H25N3OS2/c1-25(2,3)28(15-18-10-6-4-7-11-18)22(29)16-30-23-20-14-21(19-12-8-5-9-13-19)31-24(20)27-17-26-23/h4-14,17H,15-16H2,1-3H3. The molecule has 0 aliphatic carbocycles. The van der Waals surface area contributed by atoms with Gasteiger partial charge in [0.25, 0.3) is 0 Å². The summed E-state index contributed by atoms with van der Waals surface area (Å²) in [6.07, 6.45) is 1.59. The molecule has 4 rings (SSSR count). The Bertz CT molecular complexity index is 1170. The maximum absolute atomic E-state index is 13.2. The number of rotatable bonds is 6. The van der Waals surface area contributed by atoms with Gasteiger partial charge in [-0.1, -0.05) is 72.4 Å². The predicted octanol–water partition coefficient (Wildman–Crippen LogP) is 6.28. The molecule has 0 saturated heterocycles. The fourth-order valence-electron chi connectivity index (χ4n) is 3.37. The zero-order valence-electron chi connectivity index (χ0n) is 17.9. The van der Waals surface area contributed by atoms with Crippen LogP contribution < -0.4 is 0 Å². The van der Waals surface area contributed by atoms with E-state index in [4.69, 9.17) is 0 Å². The SMILES string of the molecule is CC(C)(C)N(Cc1ccccc1)C(=O)CSc1ncnc2sc(-c3ccccc3)cc12. The number of thioether (sulfide) groups is 1. The second-order valence-electron chi connectivity index (χ2n) is 8.30. The average Bonchev–Trinajstić information content (AvgIpc) is 3.21. The lowest BCUT2D eigenvalue weighted by Gasteiger charge is -2.36. The smallest absolute Gasteiger partial charge is 0.233 e. The van der Waals surface area contributed by atoms with Crippen LogP contribution in [0.3, 0.4) is 0 Å². The Morgan fingerprint density at radius 2 is 1.68 bits per heavy atom. The van der Waals surface area contributed by atoms with Gasteiger partial charge >= 0.3 is 0 Å². The van der Waals surface area contributed by atoms with Gasteiger partial charge < -0.3 is 4.90 Å². The van der Waals surface area contributed by atoms with Gasteiger partial charge in [0.05, 0.1) is 5.75 Å². The highest BCUT2D eigenvalue weighted by molar-refractivity contribution is 8.00. The van der Waals surface area contributed by atoms with E-state index >= 15 is 0 Å². The van der Waals surface area contributed by atoms with Gasteiger partial charge in [0, 0.05) is 22.3 Å². The number of thiophene rings is 1. The van der Waals surface area contributed by atoms with Crippen molar-refractivity contribution in [1.82, 2.24) is 14.9 Å². The lowest BCUT2D eigenvalue weighted by Crippen LogP contribution is -2.45. The van der Waals surface area contributed by atoms with E-state index in [1.807, 2.05) is 41.3 Å². The van der Waals surface area contributed by atoms with Crippen LogP contribution in [-0.2, 0) is 11.3 Å². The molecule has 0 spiro atoms. The van der Waals surface area contributed by atoms with E-state index in [-0.39, 0.29) is 11.4 Å². The minimum absolute atomic E-state index is 0.103. The zero-order valence-corrected chi connectivity index (χ0v) is 19.5. The third-order valence-electron chi connectivity index (χ3n) is 4.98. The molecular weight excluding hydrogens is 422 g/mol. The molecule has 0 N–H and O–H groups in total. The van der Waals surface area contributed by atoms with Crippen LogP contribution >= 0.6 is 23.1 Å². The number of amides is 1. The molecule has 1 amide bonds. The first-order valence-electron chi connectivity index (χ1n) is 10.2. The summed E-state index contributed by atoms with van der Waals surface area (Å²) in [5.41, 5.74) is 2.03. The Balaban J connectivity index is 1.53. The molecule has 0 aliphatic heterocycles. The third kappa shape index (κ3) is 5.14. The van der Waals surface area contributed by atoms with E-state index in [1.165, 1.54) is 17.3 Å². The first-order valence-corrected chi connectivity index (χ1v) is 12.0. The second kappa shape index (κ2) is 9.20. The van der Waals surface area contributed by atoms with Crippen molar-refractivity contribution in [2.75, 3.05) is 5.75 Å². The van der Waals surface area contributed by atoms with Crippen molar-refractivity contribution in [2.45, 2.75) is 37.9 Å². The summed E-state index contributed by atoms with van der Waals surface area (Å²) in [7, 11) is 0. The molecule has 0 atom stereocenters. The first kappa shape index (κ1) is 21.5. The minimum Gasteiger partial charge on any atom is -0.333 e. The molecule has 31 heavy (non-hydrogen) atoms. The summed E-state index contributed by atoms with van der Waals surface area (Å²) in [5, 5.41) is 1.86. The molecular formula is C25H25N3OS2. The molecule has 0 saturated carbocycles. The van der Waals surface area contributed by atoms with Crippen molar-refractivity contribution < 1.29 is 4.79 Å². The lowest BCUT2D eigenvalue weighted by atomic mass is 10.0. The van der Waals surface area contributed by atoms with Crippen molar-refractivity contribution in [3.63, 3.8) is 0 Å². The highest BCUT2D eigenvalue weighted by Gasteiger charge is 2.26. The summed E-state index contributed by atoms with van der Waals surface area (Å²) in [6, 6.07) is 22.5. The number of carbonyl (C=O) groups is 1. The number of benzene rings is 2. The van der Waals surface area contributed by atoms with Gasteiger partial charge in [-0.15, -0.1) is 11.3 Å². The molecule has 0 unspecified atom stereocenters. The number of fused-ring (bicyclic) bond motifs is 1. The molecule has 6 heteroatoms. The molecule has 4 aromatic rings. The van der Waals surface area contributed by atoms with E-state index in [2.05, 4.69) is 61.1 Å². The van der Waals surface area contributed by atoms with E-state index in [0.717, 1.165) is 25.7 Å². The van der Waals surface area contributed by atoms with Crippen LogP contribution in [0.4, 0.5) is 0 Å². The maximum atomic E-state index is 13.2. The van der Waals surface area contributed by atoms with Crippen molar-refractivity contribution in [3.05, 3.63) is 78.6 Å². The van der Waals surface area contributed by atoms with Gasteiger partial charge in [-0.05, 0) is 38.0 Å². The fourth-order valence-corrected chi connectivity index (χ4v) is 5.28. The van der Waals surface area contributed by atoms with Gasteiger partial charge in [0.2, 0.25) is 5.91 Å². The molecule has 4 nitrogen and oxygen atoms in total. The monoisotopic (exact) mass is 447 g/mol. The van der Waals surface area contributed by atoms with E-state index in [0.29, 0.717) is 12.3 Å². The quantitative estimate of drug-likeness (QED) is 0.258. The van der Waals surface area contributed by atoms with Crippen molar-refractivity contribution >= 4 is 39.2 Å². The number of hydrogen-bond donors (Lipinski definition) is 0. The zero-order chi connectivity index (χ0) is 21.8. The summed E-state index contributed by atoms with van der Waals surface area (Å²) in [6.45, 7) is 6.82. The fraction of sp³-hybridized carbons (Fsp3) is 0.240. The van der Waals surface area contributed by atoms with E-state index in [1.54, 1.807) is 17.7 Å². The van der Waals surface area contributed by atoms with Crippen LogP contribution in [0.25, 0.3) is 20.7 Å². The van der Waals surface area contributed by atoms with Crippen LogP contribution in [0.1, 0.15) is 26.3 Å². The average molecular weight is 448 g/mol. The largest absolute Gasteiger partial charge is 0.333 e. The third-order valence-corrected chi connectivity index (χ3v) is 7.06. The Hall–Kier alpha value is -2.70. The molecule has 2 aromatic carbocycles. The Morgan fingerprint density at radius 1 is 1.00 bits per heavy atom. The first-order chi connectivity index (χ1) is 14.9. The number of nitrogens with zero attached hydrogens (tertiary/aromatic N) is 3. The van der Waals surface area contributed by atoms with Gasteiger partial charge in [-0.25, -0.2) is 9.97 Å². The molecule has 2 aromatic heterocycles. The van der Waals surface area contributed by atoms with Gasteiger partial charge in [-0.3, -0.25) is 4.79 Å². The van der Waals surface area contributed by atoms with Crippen LogP contribution in [0.5, 0.6) is 0 Å². The van der Waals surface area contributed by atoms with Gasteiger partial charge in [0.15, 0.2) is 0 Å². The molecule has 0 radical (unpaired) electrons. The molecule has 158 valence electrons. The lowest BCUT2D eigenvalue weighted by molar-refractivity contribution is -0.133. The summed E-state index contributed by atoms with van der Waals surface area (Å²) in [5.74, 6) is 0.443. The topological polar surface area (TPSA) is 46.1 Å². The van der Waals surface area contributed by atoms with Crippen LogP contribution in [0.2, 0.25) is 0 Å². The molecule has 2 heterocycles. The summed E-state index contributed by atoms with van der Waals surface area (Å²) in [4.78, 5) is 26.2. The summed E-state index contributed by atoms with van der Waals surface area (Å²) < 4.78 is 0. The number of hydrogen-bond acceptors (Lipinski definition) is 5. The van der Waals surface area contributed by atoms with Crippen LogP contribution in [0, 0.1) is 0 Å². The number of carbonyl (C=O) groups excluding carboxylic acids is 1. The Morgan fingerprint density at radius 3 is 2.35 bits per heavy atom. The molecule has 0 aliphatic rings. The van der Waals surface area contributed by atoms with Crippen molar-refractivity contribution in [1.29, 1.82) is 0 Å². The molecule has 0 fully saturated rings. The predicted molar refractivity (Wildman–Crippen MR) is 130 cm³/mol. The van der Waals surface area contributed by atoms with Gasteiger partial charge in [0.1, 0.15) is 16.2 Å². The molecule has 0 bridgehead atoms. The van der Waals surface area contributed by atoms with E-state index < -0.39 is 0 Å². The van der Waals surface area contributed by atoms with Crippen molar-refractivity contribution in [3.8, 4) is 10.4 Å². The maximum Gasteiger partial charge on any atom is 0.233 e. The highest BCUT2D eigenvalue weighted by Crippen LogP contribution is 2.36. The van der Waals surface area contributed by atoms with Gasteiger partial charge in [-0.2, -0.15) is 0 Å². The minimum atomic E-state index is -0.267. The van der Waals surface area contributed by atoms with E-state index in [9.17, 15) is 4.79 Å². The Labute approximate surface area is 191 Å². The Kier molecular flexibility index (Phi) is 6.39.